The second kappa shape index (κ2) is 4.64. The first-order valence-corrected chi connectivity index (χ1v) is 6.81. The number of nitrogen functional groups attached to an aromatic ring is 1. The first kappa shape index (κ1) is 12.7. The molecule has 1 aliphatic heterocycles. The number of fused-ring (bicyclic) bond motifs is 1. The predicted octanol–water partition coefficient (Wildman–Crippen LogP) is 1.82. The fourth-order valence-corrected chi connectivity index (χ4v) is 3.23. The third kappa shape index (κ3) is 1.76. The van der Waals surface area contributed by atoms with Crippen LogP contribution in [0, 0.1) is 23.2 Å². The lowest BCUT2D eigenvalue weighted by Gasteiger charge is -2.19. The van der Waals surface area contributed by atoms with Crippen molar-refractivity contribution in [2.24, 2.45) is 11.8 Å². The Morgan fingerprint density at radius 1 is 1.15 bits per heavy atom. The van der Waals surface area contributed by atoms with Gasteiger partial charge in [-0.05, 0) is 31.0 Å². The van der Waals surface area contributed by atoms with Crippen molar-refractivity contribution in [1.29, 1.82) is 5.26 Å². The summed E-state index contributed by atoms with van der Waals surface area (Å²) in [5.74, 6) is -0.662. The summed E-state index contributed by atoms with van der Waals surface area (Å²) in [5.41, 5.74) is 7.02. The molecule has 1 heterocycles. The number of imide groups is 1. The quantitative estimate of drug-likeness (QED) is 0.622. The van der Waals surface area contributed by atoms with Crippen molar-refractivity contribution in [3.63, 3.8) is 0 Å². The van der Waals surface area contributed by atoms with E-state index < -0.39 is 0 Å². The molecular formula is C15H15N3O2. The molecule has 2 fully saturated rings. The molecule has 3 rings (SSSR count). The molecule has 5 nitrogen and oxygen atoms in total. The van der Waals surface area contributed by atoms with E-state index in [0.29, 0.717) is 16.9 Å². The maximum Gasteiger partial charge on any atom is 0.237 e. The molecule has 0 radical (unpaired) electrons. The average Bonchev–Trinajstić information content (AvgIpc) is 2.72. The number of nitriles is 1. The SMILES string of the molecule is N#Cc1ccc(N2C(=O)C3CCCCC3C2=O)c(N)c1. The first-order chi connectivity index (χ1) is 9.63. The lowest BCUT2D eigenvalue weighted by Crippen LogP contribution is -2.31. The van der Waals surface area contributed by atoms with Gasteiger partial charge in [0.1, 0.15) is 0 Å². The Morgan fingerprint density at radius 3 is 2.25 bits per heavy atom. The van der Waals surface area contributed by atoms with Gasteiger partial charge in [-0.1, -0.05) is 12.8 Å². The van der Waals surface area contributed by atoms with Gasteiger partial charge in [0.15, 0.2) is 0 Å². The third-order valence-corrected chi connectivity index (χ3v) is 4.24. The van der Waals surface area contributed by atoms with Crippen molar-refractivity contribution in [1.82, 2.24) is 0 Å². The van der Waals surface area contributed by atoms with Crippen LogP contribution in [-0.2, 0) is 9.59 Å². The van der Waals surface area contributed by atoms with Crippen molar-refractivity contribution in [2.45, 2.75) is 25.7 Å². The molecule has 5 heteroatoms. The molecule has 1 saturated carbocycles. The number of carbonyl (C=O) groups is 2. The number of carbonyl (C=O) groups excluding carboxylic acids is 2. The summed E-state index contributed by atoms with van der Waals surface area (Å²) in [5, 5.41) is 8.84. The van der Waals surface area contributed by atoms with Crippen LogP contribution < -0.4 is 10.6 Å². The minimum absolute atomic E-state index is 0.142. The number of hydrogen-bond donors (Lipinski definition) is 1. The van der Waals surface area contributed by atoms with E-state index in [1.54, 1.807) is 12.1 Å². The van der Waals surface area contributed by atoms with Gasteiger partial charge in [0.05, 0.1) is 34.8 Å². The third-order valence-electron chi connectivity index (χ3n) is 4.24. The minimum Gasteiger partial charge on any atom is -0.397 e. The van der Waals surface area contributed by atoms with Crippen molar-refractivity contribution < 1.29 is 9.59 Å². The maximum absolute atomic E-state index is 12.4. The number of nitrogens with two attached hydrogens (primary N) is 1. The standard InChI is InChI=1S/C15H15N3O2/c16-8-9-5-6-13(12(17)7-9)18-14(19)10-3-1-2-4-11(10)15(18)20/h5-7,10-11H,1-4,17H2. The van der Waals surface area contributed by atoms with Crippen LogP contribution in [0.5, 0.6) is 0 Å². The molecule has 0 aromatic heterocycles. The van der Waals surface area contributed by atoms with Gasteiger partial charge >= 0.3 is 0 Å². The number of anilines is 2. The smallest absolute Gasteiger partial charge is 0.237 e. The summed E-state index contributed by atoms with van der Waals surface area (Å²) in [6, 6.07) is 6.65. The van der Waals surface area contributed by atoms with Gasteiger partial charge < -0.3 is 5.73 Å². The van der Waals surface area contributed by atoms with E-state index in [9.17, 15) is 9.59 Å². The van der Waals surface area contributed by atoms with Gasteiger partial charge in [-0.15, -0.1) is 0 Å². The summed E-state index contributed by atoms with van der Waals surface area (Å²) >= 11 is 0. The van der Waals surface area contributed by atoms with Gasteiger partial charge in [0, 0.05) is 0 Å². The van der Waals surface area contributed by atoms with Crippen LogP contribution in [-0.4, -0.2) is 11.8 Å². The Morgan fingerprint density at radius 2 is 1.75 bits per heavy atom. The number of benzene rings is 1. The number of rotatable bonds is 1. The molecule has 20 heavy (non-hydrogen) atoms. The summed E-state index contributed by atoms with van der Waals surface area (Å²) in [7, 11) is 0. The Bertz CT molecular complexity index is 608. The molecule has 2 N–H and O–H groups in total. The Hall–Kier alpha value is -2.35. The average molecular weight is 269 g/mol. The van der Waals surface area contributed by atoms with Crippen LogP contribution in [0.4, 0.5) is 11.4 Å². The molecule has 2 atom stereocenters. The fourth-order valence-electron chi connectivity index (χ4n) is 3.23. The summed E-state index contributed by atoms with van der Waals surface area (Å²) in [6.07, 6.45) is 3.55. The molecule has 0 bridgehead atoms. The van der Waals surface area contributed by atoms with E-state index in [2.05, 4.69) is 0 Å². The largest absolute Gasteiger partial charge is 0.397 e. The van der Waals surface area contributed by atoms with Gasteiger partial charge in [-0.2, -0.15) is 5.26 Å². The Kier molecular flexibility index (Phi) is 2.94. The highest BCUT2D eigenvalue weighted by molar-refractivity contribution is 6.23. The number of nitrogens with zero attached hydrogens (tertiary/aromatic N) is 2. The molecule has 2 unspecified atom stereocenters. The highest BCUT2D eigenvalue weighted by atomic mass is 16.2. The molecular weight excluding hydrogens is 254 g/mol. The zero-order valence-electron chi connectivity index (χ0n) is 11.0. The lowest BCUT2D eigenvalue weighted by molar-refractivity contribution is -0.122. The number of hydrogen-bond acceptors (Lipinski definition) is 4. The fraction of sp³-hybridized carbons (Fsp3) is 0.400. The van der Waals surface area contributed by atoms with E-state index in [0.717, 1.165) is 25.7 Å². The second-order valence-electron chi connectivity index (χ2n) is 5.39. The summed E-state index contributed by atoms with van der Waals surface area (Å²) in [4.78, 5) is 26.1. The zero-order valence-corrected chi connectivity index (χ0v) is 11.0. The summed E-state index contributed by atoms with van der Waals surface area (Å²) in [6.45, 7) is 0. The van der Waals surface area contributed by atoms with Crippen LogP contribution in [0.1, 0.15) is 31.2 Å². The van der Waals surface area contributed by atoms with Crippen molar-refractivity contribution >= 4 is 23.2 Å². The minimum atomic E-state index is -0.189. The Labute approximate surface area is 117 Å². The topological polar surface area (TPSA) is 87.2 Å². The van der Waals surface area contributed by atoms with Gasteiger partial charge in [0.25, 0.3) is 0 Å². The monoisotopic (exact) mass is 269 g/mol. The normalized spacial score (nSPS) is 25.4. The van der Waals surface area contributed by atoms with Crippen LogP contribution >= 0.6 is 0 Å². The van der Waals surface area contributed by atoms with Crippen LogP contribution in [0.15, 0.2) is 18.2 Å². The molecule has 2 aliphatic rings. The molecule has 0 spiro atoms. The Balaban J connectivity index is 2.00. The molecule has 2 amide bonds. The van der Waals surface area contributed by atoms with Gasteiger partial charge in [-0.3, -0.25) is 9.59 Å². The highest BCUT2D eigenvalue weighted by Gasteiger charge is 2.49. The lowest BCUT2D eigenvalue weighted by atomic mass is 9.81. The highest BCUT2D eigenvalue weighted by Crippen LogP contribution is 2.41. The van der Waals surface area contributed by atoms with Crippen LogP contribution in [0.2, 0.25) is 0 Å². The van der Waals surface area contributed by atoms with Crippen LogP contribution in [0.25, 0.3) is 0 Å². The van der Waals surface area contributed by atoms with Crippen molar-refractivity contribution in [3.05, 3.63) is 23.8 Å². The zero-order chi connectivity index (χ0) is 14.3. The predicted molar refractivity (Wildman–Crippen MR) is 73.5 cm³/mol. The molecule has 1 aromatic carbocycles. The van der Waals surface area contributed by atoms with Crippen molar-refractivity contribution in [3.8, 4) is 6.07 Å². The van der Waals surface area contributed by atoms with Crippen LogP contribution in [0.3, 0.4) is 0 Å². The molecule has 1 aliphatic carbocycles. The van der Waals surface area contributed by atoms with Gasteiger partial charge in [0.2, 0.25) is 11.8 Å². The van der Waals surface area contributed by atoms with E-state index in [-0.39, 0.29) is 23.7 Å². The molecule has 102 valence electrons. The summed E-state index contributed by atoms with van der Waals surface area (Å²) < 4.78 is 0. The second-order valence-corrected chi connectivity index (χ2v) is 5.39. The number of amides is 2. The van der Waals surface area contributed by atoms with E-state index in [4.69, 9.17) is 11.0 Å². The van der Waals surface area contributed by atoms with E-state index in [1.807, 2.05) is 6.07 Å². The maximum atomic E-state index is 12.4. The van der Waals surface area contributed by atoms with E-state index >= 15 is 0 Å². The first-order valence-electron chi connectivity index (χ1n) is 6.81. The molecule has 1 saturated heterocycles. The van der Waals surface area contributed by atoms with Gasteiger partial charge in [-0.25, -0.2) is 4.90 Å². The molecule has 1 aromatic rings. The van der Waals surface area contributed by atoms with E-state index in [1.165, 1.54) is 11.0 Å². The van der Waals surface area contributed by atoms with Crippen molar-refractivity contribution in [2.75, 3.05) is 10.6 Å².